The molecule has 2 amide bonds. The molecular formula is C19H21N3O4. The number of urea groups is 1. The average molecular weight is 355 g/mol. The normalized spacial score (nSPS) is 19.7. The number of aliphatic carboxylic acids is 1. The molecule has 1 saturated heterocycles. The Bertz CT molecular complexity index is 764. The lowest BCUT2D eigenvalue weighted by molar-refractivity contribution is -0.143. The molecule has 2 N–H and O–H groups in total. The molecule has 0 spiro atoms. The lowest BCUT2D eigenvalue weighted by Crippen LogP contribution is -2.47. The molecule has 1 fully saturated rings. The third-order valence-electron chi connectivity index (χ3n) is 4.25. The van der Waals surface area contributed by atoms with Gasteiger partial charge in [0.2, 0.25) is 0 Å². The zero-order valence-electron chi connectivity index (χ0n) is 14.5. The fraction of sp³-hybridized carbons (Fsp3) is 0.316. The highest BCUT2D eigenvalue weighted by Crippen LogP contribution is 2.23. The van der Waals surface area contributed by atoms with Gasteiger partial charge in [0, 0.05) is 13.1 Å². The van der Waals surface area contributed by atoms with E-state index in [1.54, 1.807) is 12.1 Å². The van der Waals surface area contributed by atoms with E-state index in [1.165, 1.54) is 11.1 Å². The number of ether oxygens (including phenoxy) is 1. The van der Waals surface area contributed by atoms with E-state index in [0.29, 0.717) is 30.3 Å². The van der Waals surface area contributed by atoms with Crippen LogP contribution in [-0.4, -0.2) is 40.1 Å². The molecule has 7 nitrogen and oxygen atoms in total. The minimum Gasteiger partial charge on any atom is -0.481 e. The van der Waals surface area contributed by atoms with Gasteiger partial charge in [-0.2, -0.15) is 0 Å². The lowest BCUT2D eigenvalue weighted by atomic mass is 9.91. The summed E-state index contributed by atoms with van der Waals surface area (Å²) in [6, 6.07) is 12.4. The third-order valence-corrected chi connectivity index (χ3v) is 4.25. The maximum absolute atomic E-state index is 12.4. The van der Waals surface area contributed by atoms with Gasteiger partial charge in [-0.3, -0.25) is 10.1 Å². The number of carboxylic acids is 1. The quantitative estimate of drug-likeness (QED) is 0.876. The summed E-state index contributed by atoms with van der Waals surface area (Å²) in [4.78, 5) is 29.4. The van der Waals surface area contributed by atoms with Crippen LogP contribution < -0.4 is 10.1 Å². The second kappa shape index (κ2) is 7.86. The Morgan fingerprint density at radius 1 is 1.15 bits per heavy atom. The van der Waals surface area contributed by atoms with Gasteiger partial charge in [0.1, 0.15) is 17.3 Å². The molecule has 0 bridgehead atoms. The van der Waals surface area contributed by atoms with Crippen LogP contribution in [0, 0.1) is 11.8 Å². The molecule has 0 aliphatic carbocycles. The highest BCUT2D eigenvalue weighted by molar-refractivity contribution is 5.88. The van der Waals surface area contributed by atoms with E-state index in [9.17, 15) is 14.7 Å². The monoisotopic (exact) mass is 355 g/mol. The summed E-state index contributed by atoms with van der Waals surface area (Å²) >= 11 is 0. The number of aromatic nitrogens is 1. The van der Waals surface area contributed by atoms with Crippen LogP contribution in [0.4, 0.5) is 10.6 Å². The van der Waals surface area contributed by atoms with E-state index in [1.807, 2.05) is 37.3 Å². The number of para-hydroxylation sites is 1. The Hall–Kier alpha value is -3.09. The van der Waals surface area contributed by atoms with Crippen LogP contribution in [0.3, 0.4) is 0 Å². The Labute approximate surface area is 151 Å². The molecule has 2 atom stereocenters. The van der Waals surface area contributed by atoms with Gasteiger partial charge in [-0.05, 0) is 36.6 Å². The molecule has 1 aliphatic rings. The van der Waals surface area contributed by atoms with Crippen molar-refractivity contribution in [3.05, 3.63) is 48.7 Å². The first-order valence-corrected chi connectivity index (χ1v) is 8.49. The topological polar surface area (TPSA) is 91.8 Å². The summed E-state index contributed by atoms with van der Waals surface area (Å²) in [5, 5.41) is 11.9. The number of carbonyl (C=O) groups excluding carboxylic acids is 1. The Morgan fingerprint density at radius 2 is 1.92 bits per heavy atom. The Balaban J connectivity index is 1.59. The molecule has 136 valence electrons. The molecule has 2 heterocycles. The van der Waals surface area contributed by atoms with Gasteiger partial charge < -0.3 is 14.7 Å². The average Bonchev–Trinajstić information content (AvgIpc) is 2.63. The highest BCUT2D eigenvalue weighted by Gasteiger charge is 2.31. The van der Waals surface area contributed by atoms with Crippen molar-refractivity contribution in [3.8, 4) is 11.5 Å². The summed E-state index contributed by atoms with van der Waals surface area (Å²) in [6.07, 6.45) is 2.12. The fourth-order valence-electron chi connectivity index (χ4n) is 3.02. The first-order valence-electron chi connectivity index (χ1n) is 8.49. The van der Waals surface area contributed by atoms with Crippen LogP contribution in [0.25, 0.3) is 0 Å². The number of rotatable bonds is 4. The first kappa shape index (κ1) is 17.7. The standard InChI is InChI=1S/C19H21N3O4/c1-13-9-14(18(23)24)12-22(11-13)19(25)21-17-8-7-16(10-20-17)26-15-5-3-2-4-6-15/h2-8,10,13-14H,9,11-12H2,1H3,(H,23,24)(H,20,21,25). The first-order chi connectivity index (χ1) is 12.5. The SMILES string of the molecule is CC1CC(C(=O)O)CN(C(=O)Nc2ccc(Oc3ccccc3)cn2)C1. The second-order valence-corrected chi connectivity index (χ2v) is 6.51. The summed E-state index contributed by atoms with van der Waals surface area (Å²) < 4.78 is 5.66. The van der Waals surface area contributed by atoms with E-state index in [-0.39, 0.29) is 18.5 Å². The number of hydrogen-bond acceptors (Lipinski definition) is 4. The van der Waals surface area contributed by atoms with Gasteiger partial charge in [0.15, 0.2) is 0 Å². The van der Waals surface area contributed by atoms with Crippen LogP contribution in [-0.2, 0) is 4.79 Å². The van der Waals surface area contributed by atoms with Crippen molar-refractivity contribution in [2.24, 2.45) is 11.8 Å². The number of piperidine rings is 1. The van der Waals surface area contributed by atoms with Gasteiger partial charge in [0.25, 0.3) is 0 Å². The van der Waals surface area contributed by atoms with Crippen molar-refractivity contribution < 1.29 is 19.4 Å². The largest absolute Gasteiger partial charge is 0.481 e. The van der Waals surface area contributed by atoms with Crippen LogP contribution in [0.1, 0.15) is 13.3 Å². The predicted molar refractivity (Wildman–Crippen MR) is 96.3 cm³/mol. The molecular weight excluding hydrogens is 334 g/mol. The van der Waals surface area contributed by atoms with E-state index in [0.717, 1.165) is 0 Å². The number of benzene rings is 1. The number of anilines is 1. The van der Waals surface area contributed by atoms with E-state index in [4.69, 9.17) is 4.74 Å². The van der Waals surface area contributed by atoms with Crippen LogP contribution in [0.15, 0.2) is 48.7 Å². The number of amides is 2. The van der Waals surface area contributed by atoms with Crippen molar-refractivity contribution >= 4 is 17.8 Å². The van der Waals surface area contributed by atoms with Crippen LogP contribution in [0.2, 0.25) is 0 Å². The molecule has 2 aromatic rings. The van der Waals surface area contributed by atoms with Crippen LogP contribution in [0.5, 0.6) is 11.5 Å². The van der Waals surface area contributed by atoms with E-state index in [2.05, 4.69) is 10.3 Å². The van der Waals surface area contributed by atoms with Gasteiger partial charge >= 0.3 is 12.0 Å². The minimum absolute atomic E-state index is 0.144. The fourth-order valence-corrected chi connectivity index (χ4v) is 3.02. The van der Waals surface area contributed by atoms with Gasteiger partial charge in [0.05, 0.1) is 12.1 Å². The van der Waals surface area contributed by atoms with E-state index < -0.39 is 11.9 Å². The summed E-state index contributed by atoms with van der Waals surface area (Å²) in [5.41, 5.74) is 0. The molecule has 3 rings (SSSR count). The number of likely N-dealkylation sites (tertiary alicyclic amines) is 1. The van der Waals surface area contributed by atoms with Crippen molar-refractivity contribution in [1.29, 1.82) is 0 Å². The minimum atomic E-state index is -0.866. The number of nitrogens with zero attached hydrogens (tertiary/aromatic N) is 2. The lowest BCUT2D eigenvalue weighted by Gasteiger charge is -2.34. The Kier molecular flexibility index (Phi) is 5.36. The number of carbonyl (C=O) groups is 2. The van der Waals surface area contributed by atoms with Crippen molar-refractivity contribution in [2.75, 3.05) is 18.4 Å². The van der Waals surface area contributed by atoms with Gasteiger partial charge in [-0.1, -0.05) is 25.1 Å². The van der Waals surface area contributed by atoms with Crippen molar-refractivity contribution in [1.82, 2.24) is 9.88 Å². The molecule has 26 heavy (non-hydrogen) atoms. The zero-order valence-corrected chi connectivity index (χ0v) is 14.5. The molecule has 2 unspecified atom stereocenters. The Morgan fingerprint density at radius 3 is 2.58 bits per heavy atom. The number of hydrogen-bond donors (Lipinski definition) is 2. The molecule has 1 aromatic carbocycles. The molecule has 1 aromatic heterocycles. The molecule has 0 saturated carbocycles. The van der Waals surface area contributed by atoms with Crippen molar-refractivity contribution in [2.45, 2.75) is 13.3 Å². The number of carboxylic acid groups (broad SMARTS) is 1. The number of nitrogens with one attached hydrogen (secondary N) is 1. The summed E-state index contributed by atoms with van der Waals surface area (Å²) in [7, 11) is 0. The maximum Gasteiger partial charge on any atom is 0.323 e. The van der Waals surface area contributed by atoms with Crippen molar-refractivity contribution in [3.63, 3.8) is 0 Å². The molecule has 1 aliphatic heterocycles. The smallest absolute Gasteiger partial charge is 0.323 e. The maximum atomic E-state index is 12.4. The van der Waals surface area contributed by atoms with E-state index >= 15 is 0 Å². The zero-order chi connectivity index (χ0) is 18.5. The summed E-state index contributed by atoms with van der Waals surface area (Å²) in [5.74, 6) is 0.402. The predicted octanol–water partition coefficient (Wildman–Crippen LogP) is 3.45. The van der Waals surface area contributed by atoms with Gasteiger partial charge in [-0.15, -0.1) is 0 Å². The molecule has 7 heteroatoms. The van der Waals surface area contributed by atoms with Gasteiger partial charge in [-0.25, -0.2) is 9.78 Å². The highest BCUT2D eigenvalue weighted by atomic mass is 16.5. The third kappa shape index (κ3) is 4.50. The second-order valence-electron chi connectivity index (χ2n) is 6.51. The number of pyridine rings is 1. The molecule has 0 radical (unpaired) electrons. The van der Waals surface area contributed by atoms with Crippen LogP contribution >= 0.6 is 0 Å². The summed E-state index contributed by atoms with van der Waals surface area (Å²) in [6.45, 7) is 2.69.